The molecule has 0 aliphatic heterocycles. The molecule has 0 amide bonds. The zero-order chi connectivity index (χ0) is 13.1. The van der Waals surface area contributed by atoms with E-state index in [0.29, 0.717) is 23.2 Å². The molecule has 0 aromatic heterocycles. The first-order valence-corrected chi connectivity index (χ1v) is 8.30. The summed E-state index contributed by atoms with van der Waals surface area (Å²) in [5.41, 5.74) is 0. The summed E-state index contributed by atoms with van der Waals surface area (Å²) in [5.74, 6) is 2.28. The van der Waals surface area contributed by atoms with Crippen LogP contribution >= 0.6 is 11.9 Å². The summed E-state index contributed by atoms with van der Waals surface area (Å²) in [4.78, 5) is 0. The number of rotatable bonds is 4. The van der Waals surface area contributed by atoms with Crippen molar-refractivity contribution in [2.45, 2.75) is 43.5 Å². The van der Waals surface area contributed by atoms with E-state index in [1.165, 1.54) is 32.1 Å². The van der Waals surface area contributed by atoms with Crippen molar-refractivity contribution in [2.75, 3.05) is 7.05 Å². The van der Waals surface area contributed by atoms with Crippen LogP contribution in [0.2, 0.25) is 0 Å². The minimum Gasteiger partial charge on any atom is -0.491 e. The molecule has 0 aromatic carbocycles. The molecule has 2 nitrogen and oxygen atoms in total. The molecule has 1 saturated carbocycles. The Morgan fingerprint density at radius 2 is 2.05 bits per heavy atom. The molecule has 0 radical (unpaired) electrons. The molecular weight excluding hydrogens is 254 g/mol. The topological polar surface area (TPSA) is 21.3 Å². The number of fused-ring (bicyclic) bond motifs is 1. The first kappa shape index (κ1) is 13.3. The molecule has 1 N–H and O–H groups in total. The Labute approximate surface area is 120 Å². The Hall–Kier alpha value is -0.670. The van der Waals surface area contributed by atoms with Crippen LogP contribution in [0.1, 0.15) is 32.1 Å². The van der Waals surface area contributed by atoms with Crippen molar-refractivity contribution >= 4 is 11.9 Å². The van der Waals surface area contributed by atoms with Gasteiger partial charge in [0.15, 0.2) is 0 Å². The van der Waals surface area contributed by atoms with Gasteiger partial charge in [0.05, 0.1) is 6.10 Å². The van der Waals surface area contributed by atoms with Crippen LogP contribution in [0.15, 0.2) is 36.1 Å². The second-order valence-electron chi connectivity index (χ2n) is 5.67. The second kappa shape index (κ2) is 6.19. The molecule has 0 bridgehead atoms. The zero-order valence-electron chi connectivity index (χ0n) is 11.5. The van der Waals surface area contributed by atoms with E-state index >= 15 is 0 Å². The van der Waals surface area contributed by atoms with Gasteiger partial charge in [-0.15, -0.1) is 0 Å². The van der Waals surface area contributed by atoms with Gasteiger partial charge in [-0.25, -0.2) is 0 Å². The smallest absolute Gasteiger partial charge is 0.116 e. The molecule has 3 aliphatic rings. The predicted molar refractivity (Wildman–Crippen MR) is 81.7 cm³/mol. The average Bonchev–Trinajstić information content (AvgIpc) is 2.92. The van der Waals surface area contributed by atoms with Gasteiger partial charge in [0.2, 0.25) is 0 Å². The standard InChI is InChI=1S/C16H23NOS/c1-17-19-16-9-7-12-10-15(8-6-13(12)11-16)18-14-4-2-3-5-14/h6-10,12-14,16-17H,2-5,11H2,1H3. The number of nitrogens with one attached hydrogen (secondary N) is 1. The number of hydrogen-bond donors (Lipinski definition) is 1. The van der Waals surface area contributed by atoms with Crippen molar-refractivity contribution in [3.63, 3.8) is 0 Å². The molecule has 19 heavy (non-hydrogen) atoms. The van der Waals surface area contributed by atoms with Crippen LogP contribution < -0.4 is 4.72 Å². The molecule has 104 valence electrons. The van der Waals surface area contributed by atoms with Crippen LogP contribution in [0.25, 0.3) is 0 Å². The third-order valence-electron chi connectivity index (χ3n) is 4.29. The van der Waals surface area contributed by atoms with Gasteiger partial charge in [-0.05, 0) is 57.2 Å². The van der Waals surface area contributed by atoms with Gasteiger partial charge >= 0.3 is 0 Å². The van der Waals surface area contributed by atoms with Crippen LogP contribution in [0.3, 0.4) is 0 Å². The summed E-state index contributed by atoms with van der Waals surface area (Å²) in [6, 6.07) is 0. The monoisotopic (exact) mass is 277 g/mol. The van der Waals surface area contributed by atoms with E-state index in [0.717, 1.165) is 5.76 Å². The first-order chi connectivity index (χ1) is 9.35. The van der Waals surface area contributed by atoms with Crippen molar-refractivity contribution in [1.82, 2.24) is 4.72 Å². The molecule has 0 spiro atoms. The molecular formula is C16H23NOS. The number of ether oxygens (including phenoxy) is 1. The summed E-state index contributed by atoms with van der Waals surface area (Å²) >= 11 is 1.81. The maximum atomic E-state index is 6.10. The number of hydrogen-bond acceptors (Lipinski definition) is 3. The van der Waals surface area contributed by atoms with Gasteiger partial charge < -0.3 is 4.74 Å². The van der Waals surface area contributed by atoms with Gasteiger partial charge in [-0.1, -0.05) is 30.2 Å². The van der Waals surface area contributed by atoms with Crippen molar-refractivity contribution < 1.29 is 4.74 Å². The SMILES string of the molecule is CNSC1C=CC2C=C(OC3CCCC3)C=CC2C1. The Morgan fingerprint density at radius 1 is 1.21 bits per heavy atom. The van der Waals surface area contributed by atoms with Gasteiger partial charge in [0.1, 0.15) is 5.76 Å². The van der Waals surface area contributed by atoms with Crippen LogP contribution in [-0.2, 0) is 4.74 Å². The van der Waals surface area contributed by atoms with Crippen molar-refractivity contribution in [3.05, 3.63) is 36.1 Å². The lowest BCUT2D eigenvalue weighted by atomic mass is 9.81. The first-order valence-electron chi connectivity index (χ1n) is 7.42. The molecule has 0 aromatic rings. The summed E-state index contributed by atoms with van der Waals surface area (Å²) in [6.45, 7) is 0. The Balaban J connectivity index is 1.62. The van der Waals surface area contributed by atoms with Gasteiger partial charge in [0, 0.05) is 11.2 Å². The van der Waals surface area contributed by atoms with E-state index < -0.39 is 0 Å². The molecule has 1 fully saturated rings. The summed E-state index contributed by atoms with van der Waals surface area (Å²) in [7, 11) is 1.99. The second-order valence-corrected chi connectivity index (χ2v) is 6.92. The Morgan fingerprint density at radius 3 is 2.84 bits per heavy atom. The quantitative estimate of drug-likeness (QED) is 0.623. The highest BCUT2D eigenvalue weighted by atomic mass is 32.2. The van der Waals surface area contributed by atoms with Crippen LogP contribution in [0.4, 0.5) is 0 Å². The normalized spacial score (nSPS) is 34.2. The Bertz CT molecular complexity index is 396. The van der Waals surface area contributed by atoms with Gasteiger partial charge in [0.25, 0.3) is 0 Å². The minimum atomic E-state index is 0.465. The molecule has 3 heteroatoms. The highest BCUT2D eigenvalue weighted by Crippen LogP contribution is 2.36. The van der Waals surface area contributed by atoms with Gasteiger partial charge in [-0.2, -0.15) is 0 Å². The van der Waals surface area contributed by atoms with Crippen LogP contribution in [-0.4, -0.2) is 18.4 Å². The van der Waals surface area contributed by atoms with Crippen LogP contribution in [0.5, 0.6) is 0 Å². The fraction of sp³-hybridized carbons (Fsp3) is 0.625. The van der Waals surface area contributed by atoms with E-state index in [1.54, 1.807) is 0 Å². The van der Waals surface area contributed by atoms with E-state index in [9.17, 15) is 0 Å². The summed E-state index contributed by atoms with van der Waals surface area (Å²) in [6.07, 6.45) is 18.4. The van der Waals surface area contributed by atoms with Crippen molar-refractivity contribution in [1.29, 1.82) is 0 Å². The molecule has 3 unspecified atom stereocenters. The van der Waals surface area contributed by atoms with Crippen molar-refractivity contribution in [3.8, 4) is 0 Å². The lowest BCUT2D eigenvalue weighted by molar-refractivity contribution is 0.128. The molecule has 0 saturated heterocycles. The van der Waals surface area contributed by atoms with E-state index in [4.69, 9.17) is 4.74 Å². The fourth-order valence-corrected chi connectivity index (χ4v) is 4.06. The fourth-order valence-electron chi connectivity index (χ4n) is 3.26. The predicted octanol–water partition coefficient (Wildman–Crippen LogP) is 3.83. The average molecular weight is 277 g/mol. The summed E-state index contributed by atoms with van der Waals surface area (Å²) < 4.78 is 9.29. The highest BCUT2D eigenvalue weighted by molar-refractivity contribution is 7.98. The molecule has 3 rings (SSSR count). The molecule has 0 heterocycles. The lowest BCUT2D eigenvalue weighted by Crippen LogP contribution is -2.23. The zero-order valence-corrected chi connectivity index (χ0v) is 12.4. The minimum absolute atomic E-state index is 0.465. The number of allylic oxidation sites excluding steroid dienone is 4. The maximum absolute atomic E-state index is 6.10. The molecule has 3 atom stereocenters. The largest absolute Gasteiger partial charge is 0.491 e. The third kappa shape index (κ3) is 3.26. The maximum Gasteiger partial charge on any atom is 0.116 e. The Kier molecular flexibility index (Phi) is 4.34. The van der Waals surface area contributed by atoms with E-state index in [1.807, 2.05) is 19.0 Å². The molecule has 3 aliphatic carbocycles. The van der Waals surface area contributed by atoms with Crippen LogP contribution in [0, 0.1) is 11.8 Å². The summed E-state index contributed by atoms with van der Waals surface area (Å²) in [5, 5.41) is 0.599. The van der Waals surface area contributed by atoms with Gasteiger partial charge in [-0.3, -0.25) is 4.72 Å². The third-order valence-corrected chi connectivity index (χ3v) is 5.17. The highest BCUT2D eigenvalue weighted by Gasteiger charge is 2.27. The van der Waals surface area contributed by atoms with E-state index in [-0.39, 0.29) is 0 Å². The van der Waals surface area contributed by atoms with Crippen molar-refractivity contribution in [2.24, 2.45) is 11.8 Å². The van der Waals surface area contributed by atoms with E-state index in [2.05, 4.69) is 35.1 Å². The lowest BCUT2D eigenvalue weighted by Gasteiger charge is -2.30.